The van der Waals surface area contributed by atoms with E-state index in [4.69, 9.17) is 4.74 Å². The zero-order chi connectivity index (χ0) is 18.5. The molecule has 0 atom stereocenters. The third-order valence-corrected chi connectivity index (χ3v) is 4.39. The van der Waals surface area contributed by atoms with Crippen molar-refractivity contribution < 1.29 is 9.53 Å². The van der Waals surface area contributed by atoms with Crippen molar-refractivity contribution in [1.82, 2.24) is 9.55 Å². The molecular weight excluding hydrogens is 398 g/mol. The summed E-state index contributed by atoms with van der Waals surface area (Å²) < 4.78 is 8.19. The van der Waals surface area contributed by atoms with Gasteiger partial charge in [-0.25, -0.2) is 4.98 Å². The van der Waals surface area contributed by atoms with Crippen molar-refractivity contribution in [2.24, 2.45) is 7.05 Å². The Morgan fingerprint density at radius 2 is 2.08 bits per heavy atom. The SMILES string of the molecule is Cn1c(=O)cc(OCCCC(=O)Nc2ccc(Br)cn2)c2ccccc21. The third kappa shape index (κ3) is 4.29. The average Bonchev–Trinajstić information content (AvgIpc) is 2.64. The van der Waals surface area contributed by atoms with Crippen LogP contribution in [-0.4, -0.2) is 22.1 Å². The van der Waals surface area contributed by atoms with Crippen molar-refractivity contribution in [2.75, 3.05) is 11.9 Å². The normalized spacial score (nSPS) is 10.7. The number of rotatable bonds is 6. The number of nitrogens with zero attached hydrogens (tertiary/aromatic N) is 2. The van der Waals surface area contributed by atoms with E-state index in [0.29, 0.717) is 31.0 Å². The number of halogens is 1. The van der Waals surface area contributed by atoms with E-state index < -0.39 is 0 Å². The molecule has 26 heavy (non-hydrogen) atoms. The smallest absolute Gasteiger partial charge is 0.254 e. The zero-order valence-electron chi connectivity index (χ0n) is 14.2. The Kier molecular flexibility index (Phi) is 5.68. The van der Waals surface area contributed by atoms with Crippen molar-refractivity contribution in [2.45, 2.75) is 12.8 Å². The van der Waals surface area contributed by atoms with Crippen molar-refractivity contribution in [3.05, 3.63) is 63.5 Å². The average molecular weight is 416 g/mol. The lowest BCUT2D eigenvalue weighted by molar-refractivity contribution is -0.116. The minimum Gasteiger partial charge on any atom is -0.493 e. The molecule has 0 aliphatic heterocycles. The van der Waals surface area contributed by atoms with Crippen molar-refractivity contribution in [1.29, 1.82) is 0 Å². The van der Waals surface area contributed by atoms with Crippen LogP contribution in [0.5, 0.6) is 5.75 Å². The maximum absolute atomic E-state index is 12.0. The van der Waals surface area contributed by atoms with E-state index >= 15 is 0 Å². The van der Waals surface area contributed by atoms with E-state index in [1.807, 2.05) is 30.3 Å². The molecule has 0 saturated heterocycles. The van der Waals surface area contributed by atoms with Gasteiger partial charge in [-0.1, -0.05) is 12.1 Å². The molecule has 7 heteroatoms. The van der Waals surface area contributed by atoms with Gasteiger partial charge in [-0.05, 0) is 46.6 Å². The number of pyridine rings is 2. The van der Waals surface area contributed by atoms with Crippen LogP contribution in [0.3, 0.4) is 0 Å². The summed E-state index contributed by atoms with van der Waals surface area (Å²) >= 11 is 3.30. The zero-order valence-corrected chi connectivity index (χ0v) is 15.8. The van der Waals surface area contributed by atoms with Crippen LogP contribution in [0, 0.1) is 0 Å². The Hall–Kier alpha value is -2.67. The number of carbonyl (C=O) groups excluding carboxylic acids is 1. The molecule has 2 aromatic heterocycles. The van der Waals surface area contributed by atoms with E-state index in [2.05, 4.69) is 26.2 Å². The minimum absolute atomic E-state index is 0.127. The molecule has 0 spiro atoms. The molecule has 0 bridgehead atoms. The molecule has 0 fully saturated rings. The number of para-hydroxylation sites is 1. The molecule has 0 radical (unpaired) electrons. The van der Waals surface area contributed by atoms with E-state index in [1.54, 1.807) is 23.9 Å². The molecule has 1 amide bonds. The van der Waals surface area contributed by atoms with Gasteiger partial charge >= 0.3 is 0 Å². The highest BCUT2D eigenvalue weighted by atomic mass is 79.9. The van der Waals surface area contributed by atoms with Gasteiger partial charge in [0.05, 0.1) is 12.1 Å². The predicted molar refractivity (Wildman–Crippen MR) is 104 cm³/mol. The van der Waals surface area contributed by atoms with Crippen molar-refractivity contribution in [3.8, 4) is 5.75 Å². The highest BCUT2D eigenvalue weighted by Crippen LogP contribution is 2.23. The van der Waals surface area contributed by atoms with Crippen LogP contribution in [0.1, 0.15) is 12.8 Å². The molecular formula is C19H18BrN3O3. The van der Waals surface area contributed by atoms with Gasteiger partial charge in [0.15, 0.2) is 0 Å². The number of hydrogen-bond acceptors (Lipinski definition) is 4. The molecule has 0 aliphatic carbocycles. The minimum atomic E-state index is -0.128. The highest BCUT2D eigenvalue weighted by Gasteiger charge is 2.08. The van der Waals surface area contributed by atoms with Gasteiger partial charge < -0.3 is 14.6 Å². The first-order chi connectivity index (χ1) is 12.5. The molecule has 134 valence electrons. The Morgan fingerprint density at radius 3 is 2.85 bits per heavy atom. The van der Waals surface area contributed by atoms with Crippen LogP contribution in [0.25, 0.3) is 10.9 Å². The number of fused-ring (bicyclic) bond motifs is 1. The summed E-state index contributed by atoms with van der Waals surface area (Å²) in [6.45, 7) is 0.346. The van der Waals surface area contributed by atoms with Crippen LogP contribution < -0.4 is 15.6 Å². The van der Waals surface area contributed by atoms with Gasteiger partial charge in [0.1, 0.15) is 11.6 Å². The quantitative estimate of drug-likeness (QED) is 0.625. The second kappa shape index (κ2) is 8.14. The predicted octanol–water partition coefficient (Wildman–Crippen LogP) is 3.49. The van der Waals surface area contributed by atoms with Crippen LogP contribution in [0.4, 0.5) is 5.82 Å². The fourth-order valence-corrected chi connectivity index (χ4v) is 2.80. The van der Waals surface area contributed by atoms with Gasteiger partial charge in [-0.15, -0.1) is 0 Å². The van der Waals surface area contributed by atoms with Crippen LogP contribution in [-0.2, 0) is 11.8 Å². The second-order valence-corrected chi connectivity index (χ2v) is 6.70. The molecule has 0 aliphatic rings. The summed E-state index contributed by atoms with van der Waals surface area (Å²) in [4.78, 5) is 28.1. The lowest BCUT2D eigenvalue weighted by Gasteiger charge is -2.11. The number of anilines is 1. The van der Waals surface area contributed by atoms with Gasteiger partial charge in [-0.2, -0.15) is 0 Å². The summed E-state index contributed by atoms with van der Waals surface area (Å²) in [5.74, 6) is 0.924. The topological polar surface area (TPSA) is 73.2 Å². The Labute approximate surface area is 158 Å². The number of hydrogen-bond donors (Lipinski definition) is 1. The van der Waals surface area contributed by atoms with E-state index in [-0.39, 0.29) is 11.5 Å². The van der Waals surface area contributed by atoms with Crippen LogP contribution in [0.15, 0.2) is 57.9 Å². The van der Waals surface area contributed by atoms with E-state index in [1.165, 1.54) is 6.07 Å². The Bertz CT molecular complexity index is 983. The Balaban J connectivity index is 1.56. The molecule has 3 rings (SSSR count). The summed E-state index contributed by atoms with van der Waals surface area (Å²) in [6, 6.07) is 12.6. The molecule has 1 N–H and O–H groups in total. The fraction of sp³-hybridized carbons (Fsp3) is 0.211. The number of carbonyl (C=O) groups is 1. The first kappa shape index (κ1) is 18.1. The number of nitrogens with one attached hydrogen (secondary N) is 1. The number of aryl methyl sites for hydroxylation is 1. The maximum atomic E-state index is 12.0. The second-order valence-electron chi connectivity index (χ2n) is 5.78. The maximum Gasteiger partial charge on any atom is 0.254 e. The number of ether oxygens (including phenoxy) is 1. The number of amides is 1. The Morgan fingerprint density at radius 1 is 1.27 bits per heavy atom. The third-order valence-electron chi connectivity index (χ3n) is 3.92. The molecule has 6 nitrogen and oxygen atoms in total. The van der Waals surface area contributed by atoms with Gasteiger partial charge in [0.25, 0.3) is 5.56 Å². The van der Waals surface area contributed by atoms with Crippen LogP contribution in [0.2, 0.25) is 0 Å². The van der Waals surface area contributed by atoms with Gasteiger partial charge in [0.2, 0.25) is 5.91 Å². The summed E-state index contributed by atoms with van der Waals surface area (Å²) in [5.41, 5.74) is 0.687. The summed E-state index contributed by atoms with van der Waals surface area (Å²) in [6.07, 6.45) is 2.46. The molecule has 2 heterocycles. The standard InChI is InChI=1S/C19H18BrN3O3/c1-23-15-6-3-2-5-14(15)16(11-19(23)25)26-10-4-7-18(24)22-17-9-8-13(20)12-21-17/h2-3,5-6,8-9,11-12H,4,7,10H2,1H3,(H,21,22,24). The lowest BCUT2D eigenvalue weighted by Crippen LogP contribution is -2.17. The van der Waals surface area contributed by atoms with Gasteiger partial charge in [-0.3, -0.25) is 9.59 Å². The largest absolute Gasteiger partial charge is 0.493 e. The number of aromatic nitrogens is 2. The summed E-state index contributed by atoms with van der Waals surface area (Å²) in [5, 5.41) is 3.61. The molecule has 0 saturated carbocycles. The first-order valence-electron chi connectivity index (χ1n) is 8.17. The first-order valence-corrected chi connectivity index (χ1v) is 8.97. The lowest BCUT2D eigenvalue weighted by atomic mass is 10.2. The summed E-state index contributed by atoms with van der Waals surface area (Å²) in [7, 11) is 1.73. The van der Waals surface area contributed by atoms with Gasteiger partial charge in [0, 0.05) is 35.6 Å². The monoisotopic (exact) mass is 415 g/mol. The fourth-order valence-electron chi connectivity index (χ4n) is 2.57. The van der Waals surface area contributed by atoms with Crippen molar-refractivity contribution in [3.63, 3.8) is 0 Å². The number of benzene rings is 1. The molecule has 0 unspecified atom stereocenters. The van der Waals surface area contributed by atoms with Crippen molar-refractivity contribution >= 4 is 38.6 Å². The van der Waals surface area contributed by atoms with E-state index in [9.17, 15) is 9.59 Å². The molecule has 1 aromatic carbocycles. The highest BCUT2D eigenvalue weighted by molar-refractivity contribution is 9.10. The van der Waals surface area contributed by atoms with Crippen LogP contribution >= 0.6 is 15.9 Å². The molecule has 3 aromatic rings. The van der Waals surface area contributed by atoms with E-state index in [0.717, 1.165) is 15.4 Å².